The normalized spacial score (nSPS) is 11.9. The van der Waals surface area contributed by atoms with Crippen LogP contribution in [0.2, 0.25) is 5.02 Å². The van der Waals surface area contributed by atoms with Gasteiger partial charge in [0.1, 0.15) is 5.75 Å². The van der Waals surface area contributed by atoms with Crippen LogP contribution in [-0.2, 0) is 12.6 Å². The fraction of sp³-hybridized carbons (Fsp3) is 0.333. The van der Waals surface area contributed by atoms with Crippen LogP contribution in [0.3, 0.4) is 0 Å². The van der Waals surface area contributed by atoms with Crippen molar-refractivity contribution in [3.63, 3.8) is 0 Å². The average Bonchev–Trinajstić information content (AvgIpc) is 3.00. The number of fused-ring (bicyclic) bond motifs is 1. The summed E-state index contributed by atoms with van der Waals surface area (Å²) in [5.41, 5.74) is 7.70. The van der Waals surface area contributed by atoms with Crippen LogP contribution in [0.1, 0.15) is 30.9 Å². The fourth-order valence-electron chi connectivity index (χ4n) is 3.33. The molecular weight excluding hydrogens is 389 g/mol. The molecule has 2 aromatic carbocycles. The highest BCUT2D eigenvalue weighted by Crippen LogP contribution is 2.39. The summed E-state index contributed by atoms with van der Waals surface area (Å²) in [5.74, 6) is 0.729. The Morgan fingerprint density at radius 3 is 2.57 bits per heavy atom. The molecule has 1 heterocycles. The largest absolute Gasteiger partial charge is 0.494 e. The first-order valence-electron chi connectivity index (χ1n) is 9.19. The van der Waals surface area contributed by atoms with Crippen LogP contribution in [0, 0.1) is 0 Å². The first kappa shape index (κ1) is 20.6. The zero-order valence-corrected chi connectivity index (χ0v) is 16.3. The van der Waals surface area contributed by atoms with Gasteiger partial charge >= 0.3 is 6.18 Å². The number of nitrogens with two attached hydrogens (primary N) is 1. The van der Waals surface area contributed by atoms with Crippen LogP contribution in [0.4, 0.5) is 13.2 Å². The molecule has 28 heavy (non-hydrogen) atoms. The summed E-state index contributed by atoms with van der Waals surface area (Å²) in [4.78, 5) is 3.28. The van der Waals surface area contributed by atoms with E-state index in [1.807, 2.05) is 25.1 Å². The second-order valence-electron chi connectivity index (χ2n) is 6.56. The maximum atomic E-state index is 13.3. The van der Waals surface area contributed by atoms with Crippen molar-refractivity contribution in [2.45, 2.75) is 32.4 Å². The van der Waals surface area contributed by atoms with Gasteiger partial charge in [0.15, 0.2) is 0 Å². The number of H-pyrrole nitrogens is 1. The average molecular weight is 411 g/mol. The topological polar surface area (TPSA) is 51.0 Å². The van der Waals surface area contributed by atoms with Crippen molar-refractivity contribution in [1.82, 2.24) is 4.98 Å². The second-order valence-corrected chi connectivity index (χ2v) is 6.96. The van der Waals surface area contributed by atoms with Gasteiger partial charge in [-0.1, -0.05) is 17.7 Å². The first-order chi connectivity index (χ1) is 13.3. The summed E-state index contributed by atoms with van der Waals surface area (Å²) in [6, 6.07) is 9.66. The smallest absolute Gasteiger partial charge is 0.417 e. The molecule has 0 amide bonds. The van der Waals surface area contributed by atoms with E-state index in [-0.39, 0.29) is 5.02 Å². The van der Waals surface area contributed by atoms with Gasteiger partial charge in [0.2, 0.25) is 0 Å². The highest BCUT2D eigenvalue weighted by atomic mass is 35.5. The number of benzene rings is 2. The van der Waals surface area contributed by atoms with Gasteiger partial charge in [-0.25, -0.2) is 0 Å². The molecule has 0 fully saturated rings. The summed E-state index contributed by atoms with van der Waals surface area (Å²) < 4.78 is 45.5. The third-order valence-electron chi connectivity index (χ3n) is 4.63. The van der Waals surface area contributed by atoms with Crippen molar-refractivity contribution in [3.8, 4) is 17.0 Å². The first-order valence-corrected chi connectivity index (χ1v) is 9.57. The maximum absolute atomic E-state index is 13.3. The molecular formula is C21H22ClF3N2O. The SMILES string of the molecule is CCOc1ccc2[nH]c(-c3ccc(Cl)c(C(F)(F)F)c3)c(CCCCN)c2c1. The monoisotopic (exact) mass is 410 g/mol. The predicted molar refractivity (Wildman–Crippen MR) is 107 cm³/mol. The quantitative estimate of drug-likeness (QED) is 0.456. The summed E-state index contributed by atoms with van der Waals surface area (Å²) >= 11 is 5.78. The van der Waals surface area contributed by atoms with E-state index in [2.05, 4.69) is 4.98 Å². The Bertz CT molecular complexity index is 966. The molecule has 3 aromatic rings. The number of nitrogens with one attached hydrogen (secondary N) is 1. The zero-order chi connectivity index (χ0) is 20.3. The minimum absolute atomic E-state index is 0.310. The Balaban J connectivity index is 2.15. The van der Waals surface area contributed by atoms with E-state index in [0.717, 1.165) is 41.1 Å². The number of hydrogen-bond acceptors (Lipinski definition) is 2. The van der Waals surface area contributed by atoms with Crippen molar-refractivity contribution < 1.29 is 17.9 Å². The van der Waals surface area contributed by atoms with Gasteiger partial charge in [-0.3, -0.25) is 0 Å². The van der Waals surface area contributed by atoms with E-state index in [9.17, 15) is 13.2 Å². The molecule has 0 bridgehead atoms. The van der Waals surface area contributed by atoms with Crippen molar-refractivity contribution in [1.29, 1.82) is 0 Å². The van der Waals surface area contributed by atoms with E-state index < -0.39 is 11.7 Å². The Morgan fingerprint density at radius 2 is 1.89 bits per heavy atom. The summed E-state index contributed by atoms with van der Waals surface area (Å²) in [5, 5.41) is 0.636. The van der Waals surface area contributed by atoms with Crippen LogP contribution < -0.4 is 10.5 Å². The van der Waals surface area contributed by atoms with Crippen molar-refractivity contribution in [3.05, 3.63) is 52.5 Å². The lowest BCUT2D eigenvalue weighted by Gasteiger charge is -2.12. The zero-order valence-electron chi connectivity index (χ0n) is 15.5. The molecule has 0 radical (unpaired) electrons. The minimum Gasteiger partial charge on any atom is -0.494 e. The fourth-order valence-corrected chi connectivity index (χ4v) is 3.56. The lowest BCUT2D eigenvalue weighted by Crippen LogP contribution is -2.06. The molecule has 0 spiro atoms. The van der Waals surface area contributed by atoms with E-state index >= 15 is 0 Å². The van der Waals surface area contributed by atoms with Crippen molar-refractivity contribution >= 4 is 22.5 Å². The molecule has 3 rings (SSSR count). The number of aryl methyl sites for hydroxylation is 1. The molecule has 3 nitrogen and oxygen atoms in total. The molecule has 3 N–H and O–H groups in total. The standard InChI is InChI=1S/C21H22ClF3N2O/c1-2-28-14-7-9-19-16(12-14)15(5-3-4-10-26)20(27-19)13-6-8-18(22)17(11-13)21(23,24)25/h6-9,11-12,27H,2-5,10,26H2,1H3. The molecule has 0 atom stereocenters. The Hall–Kier alpha value is -2.18. The third kappa shape index (κ3) is 4.28. The second kappa shape index (κ2) is 8.45. The maximum Gasteiger partial charge on any atom is 0.417 e. The number of rotatable bonds is 7. The number of alkyl halides is 3. The van der Waals surface area contributed by atoms with Crippen molar-refractivity contribution in [2.24, 2.45) is 5.73 Å². The number of ether oxygens (including phenoxy) is 1. The molecule has 0 saturated carbocycles. The van der Waals surface area contributed by atoms with Crippen LogP contribution in [0.15, 0.2) is 36.4 Å². The lowest BCUT2D eigenvalue weighted by atomic mass is 9.99. The van der Waals surface area contributed by atoms with E-state index in [1.165, 1.54) is 6.07 Å². The molecule has 150 valence electrons. The van der Waals surface area contributed by atoms with Crippen LogP contribution in [0.5, 0.6) is 5.75 Å². The lowest BCUT2D eigenvalue weighted by molar-refractivity contribution is -0.137. The van der Waals surface area contributed by atoms with Gasteiger partial charge in [-0.2, -0.15) is 13.2 Å². The Kier molecular flexibility index (Phi) is 6.20. The number of aromatic nitrogens is 1. The van der Waals surface area contributed by atoms with Gasteiger partial charge in [-0.05, 0) is 74.2 Å². The van der Waals surface area contributed by atoms with Gasteiger partial charge in [0, 0.05) is 16.6 Å². The Labute approximate surface area is 166 Å². The van der Waals surface area contributed by atoms with Crippen LogP contribution in [0.25, 0.3) is 22.2 Å². The van der Waals surface area contributed by atoms with E-state index in [4.69, 9.17) is 22.1 Å². The van der Waals surface area contributed by atoms with Crippen LogP contribution >= 0.6 is 11.6 Å². The highest BCUT2D eigenvalue weighted by Gasteiger charge is 2.33. The van der Waals surface area contributed by atoms with Gasteiger partial charge in [-0.15, -0.1) is 0 Å². The molecule has 0 saturated heterocycles. The molecule has 7 heteroatoms. The molecule has 0 aliphatic rings. The molecule has 1 aromatic heterocycles. The molecule has 0 aliphatic carbocycles. The van der Waals surface area contributed by atoms with Gasteiger partial charge < -0.3 is 15.5 Å². The number of hydrogen-bond donors (Lipinski definition) is 2. The van der Waals surface area contributed by atoms with Gasteiger partial charge in [0.25, 0.3) is 0 Å². The number of halogens is 4. The summed E-state index contributed by atoms with van der Waals surface area (Å²) in [6.07, 6.45) is -2.13. The van der Waals surface area contributed by atoms with E-state index in [0.29, 0.717) is 30.8 Å². The minimum atomic E-state index is -4.51. The van der Waals surface area contributed by atoms with Gasteiger partial charge in [0.05, 0.1) is 17.2 Å². The predicted octanol–water partition coefficient (Wildman–Crippen LogP) is 6.19. The number of aromatic amines is 1. The summed E-state index contributed by atoms with van der Waals surface area (Å²) in [6.45, 7) is 3.01. The highest BCUT2D eigenvalue weighted by molar-refractivity contribution is 6.31. The Morgan fingerprint density at radius 1 is 1.11 bits per heavy atom. The third-order valence-corrected chi connectivity index (χ3v) is 4.96. The summed E-state index contributed by atoms with van der Waals surface area (Å²) in [7, 11) is 0. The molecule has 0 aliphatic heterocycles. The van der Waals surface area contributed by atoms with E-state index in [1.54, 1.807) is 6.07 Å². The van der Waals surface area contributed by atoms with Crippen molar-refractivity contribution in [2.75, 3.05) is 13.2 Å². The molecule has 0 unspecified atom stereocenters. The number of unbranched alkanes of at least 4 members (excludes halogenated alkanes) is 1. The van der Waals surface area contributed by atoms with Crippen LogP contribution in [-0.4, -0.2) is 18.1 Å².